The fourth-order valence-electron chi connectivity index (χ4n) is 0.805. The Kier molecular flexibility index (Phi) is 16.7. The van der Waals surface area contributed by atoms with Crippen molar-refractivity contribution in [1.29, 1.82) is 0 Å². The maximum absolute atomic E-state index is 9.99. The third-order valence-electron chi connectivity index (χ3n) is 1.97. The van der Waals surface area contributed by atoms with E-state index < -0.39 is 36.0 Å². The van der Waals surface area contributed by atoms with E-state index in [0.29, 0.717) is 0 Å². The van der Waals surface area contributed by atoms with Gasteiger partial charge in [-0.2, -0.15) is 0 Å². The van der Waals surface area contributed by atoms with E-state index in [2.05, 4.69) is 0 Å². The van der Waals surface area contributed by atoms with Crippen LogP contribution in [0.2, 0.25) is 0 Å². The summed E-state index contributed by atoms with van der Waals surface area (Å²) in [6, 6.07) is -2.12. The molecule has 0 unspecified atom stereocenters. The van der Waals surface area contributed by atoms with Crippen molar-refractivity contribution in [2.45, 2.75) is 37.8 Å². The summed E-state index contributed by atoms with van der Waals surface area (Å²) in [5.41, 5.74) is 10.0. The minimum absolute atomic E-state index is 0. The van der Waals surface area contributed by atoms with Crippen LogP contribution in [0.4, 0.5) is 0 Å². The minimum Gasteiger partial charge on any atom is -1.00 e. The molecule has 120 valence electrons. The molecule has 0 rings (SSSR count). The minimum atomic E-state index is -1.17. The Morgan fingerprint density at radius 2 is 1.00 bits per heavy atom. The van der Waals surface area contributed by atoms with Crippen LogP contribution in [0.1, 0.15) is 28.5 Å². The maximum Gasteiger partial charge on any atom is 2.00 e. The van der Waals surface area contributed by atoms with Gasteiger partial charge in [-0.05, 0) is 12.8 Å². The largest absolute Gasteiger partial charge is 2.00 e. The van der Waals surface area contributed by atoms with Crippen LogP contribution in [-0.2, 0) is 19.2 Å². The fraction of sp³-hybridized carbons (Fsp3) is 0.600. The summed E-state index contributed by atoms with van der Waals surface area (Å²) < 4.78 is 0. The van der Waals surface area contributed by atoms with E-state index in [4.69, 9.17) is 31.9 Å². The van der Waals surface area contributed by atoms with Gasteiger partial charge in [0.15, 0.2) is 0 Å². The molecule has 0 saturated heterocycles. The Hall–Kier alpha value is -0.940. The number of carboxylic acids is 4. The SMILES string of the molecule is N[C@@H](CCC(=O)O)C(=O)O.N[C@@H](CCC(=O)O)C(=O)O.[Ca+2].[H-].[H-]. The number of carboxylic acid groups (broad SMARTS) is 4. The van der Waals surface area contributed by atoms with E-state index in [1.807, 2.05) is 0 Å². The number of rotatable bonds is 8. The van der Waals surface area contributed by atoms with E-state index >= 15 is 0 Å². The van der Waals surface area contributed by atoms with Crippen molar-refractivity contribution < 1.29 is 42.5 Å². The summed E-state index contributed by atoms with van der Waals surface area (Å²) in [6.07, 6.45) is -0.448. The maximum atomic E-state index is 9.99. The monoisotopic (exact) mass is 336 g/mol. The van der Waals surface area contributed by atoms with Gasteiger partial charge in [0.2, 0.25) is 0 Å². The quantitative estimate of drug-likeness (QED) is 0.279. The molecule has 0 amide bonds. The first-order chi connectivity index (χ1) is 9.07. The molecule has 8 N–H and O–H groups in total. The first kappa shape index (κ1) is 25.0. The third-order valence-corrected chi connectivity index (χ3v) is 1.97. The van der Waals surface area contributed by atoms with Gasteiger partial charge in [-0.3, -0.25) is 19.2 Å². The van der Waals surface area contributed by atoms with Crippen molar-refractivity contribution in [3.05, 3.63) is 0 Å². The molecule has 21 heavy (non-hydrogen) atoms. The van der Waals surface area contributed by atoms with Crippen molar-refractivity contribution in [3.8, 4) is 0 Å². The van der Waals surface area contributed by atoms with Crippen LogP contribution < -0.4 is 11.5 Å². The van der Waals surface area contributed by atoms with Crippen molar-refractivity contribution in [3.63, 3.8) is 0 Å². The summed E-state index contributed by atoms with van der Waals surface area (Å²) in [5.74, 6) is -4.39. The molecule has 2 atom stereocenters. The molecule has 0 aromatic rings. The van der Waals surface area contributed by atoms with Gasteiger partial charge in [0.05, 0.1) is 0 Å². The number of nitrogens with two attached hydrogens (primary N) is 2. The fourth-order valence-corrected chi connectivity index (χ4v) is 0.805. The Labute approximate surface area is 153 Å². The van der Waals surface area contributed by atoms with Gasteiger partial charge in [-0.25, -0.2) is 0 Å². The molecule has 0 spiro atoms. The molecule has 0 aromatic heterocycles. The number of carbonyl (C=O) groups is 4. The standard InChI is InChI=1S/2C5H9NO4.Ca.2H/c2*6-3(5(9)10)1-2-4(7)8;;;/h2*3H,1-2,6H2,(H,7,8)(H,9,10);;;/q;;+2;2*-1/t2*3-;;;/m00.../s1. The van der Waals surface area contributed by atoms with Gasteiger partial charge in [0.25, 0.3) is 0 Å². The first-order valence-corrected chi connectivity index (χ1v) is 5.48. The van der Waals surface area contributed by atoms with Gasteiger partial charge in [0, 0.05) is 12.8 Å². The van der Waals surface area contributed by atoms with Crippen LogP contribution >= 0.6 is 0 Å². The van der Waals surface area contributed by atoms with E-state index in [-0.39, 0.29) is 66.3 Å². The van der Waals surface area contributed by atoms with Crippen LogP contribution in [0.25, 0.3) is 0 Å². The second kappa shape index (κ2) is 14.0. The topological polar surface area (TPSA) is 201 Å². The average molecular weight is 336 g/mol. The van der Waals surface area contributed by atoms with E-state index in [1.54, 1.807) is 0 Å². The number of hydrogen-bond donors (Lipinski definition) is 6. The van der Waals surface area contributed by atoms with Crippen LogP contribution in [0, 0.1) is 0 Å². The van der Waals surface area contributed by atoms with Crippen molar-refractivity contribution in [2.24, 2.45) is 11.5 Å². The molecule has 0 heterocycles. The summed E-state index contributed by atoms with van der Waals surface area (Å²) >= 11 is 0. The predicted octanol–water partition coefficient (Wildman–Crippen LogP) is -1.63. The molecule has 10 nitrogen and oxygen atoms in total. The third kappa shape index (κ3) is 19.1. The molecule has 0 saturated carbocycles. The molecule has 0 aromatic carbocycles. The zero-order valence-corrected chi connectivity index (χ0v) is 13.5. The van der Waals surface area contributed by atoms with Crippen LogP contribution in [0.3, 0.4) is 0 Å². The summed E-state index contributed by atoms with van der Waals surface area (Å²) in [5, 5.41) is 32.5. The Balaban J connectivity index is -0.0000000831. The zero-order valence-electron chi connectivity index (χ0n) is 13.3. The van der Waals surface area contributed by atoms with Gasteiger partial charge < -0.3 is 34.7 Å². The van der Waals surface area contributed by atoms with Crippen molar-refractivity contribution in [2.75, 3.05) is 0 Å². The van der Waals surface area contributed by atoms with E-state index in [9.17, 15) is 19.2 Å². The van der Waals surface area contributed by atoms with Crippen LogP contribution in [-0.4, -0.2) is 94.1 Å². The van der Waals surface area contributed by atoms with E-state index in [1.165, 1.54) is 0 Å². The van der Waals surface area contributed by atoms with Crippen LogP contribution in [0.5, 0.6) is 0 Å². The summed E-state index contributed by atoms with van der Waals surface area (Å²) in [7, 11) is 0. The molecular formula is C10H20CaN2O8. The van der Waals surface area contributed by atoms with Gasteiger partial charge >= 0.3 is 61.6 Å². The Morgan fingerprint density at radius 3 is 1.14 bits per heavy atom. The predicted molar refractivity (Wildman–Crippen MR) is 72.9 cm³/mol. The molecule has 0 bridgehead atoms. The molecule has 0 fully saturated rings. The Morgan fingerprint density at radius 1 is 0.762 bits per heavy atom. The normalized spacial score (nSPS) is 11.9. The second-order valence-electron chi connectivity index (χ2n) is 3.75. The van der Waals surface area contributed by atoms with Gasteiger partial charge in [-0.15, -0.1) is 0 Å². The van der Waals surface area contributed by atoms with Gasteiger partial charge in [0.1, 0.15) is 12.1 Å². The molecular weight excluding hydrogens is 316 g/mol. The molecule has 11 heteroatoms. The van der Waals surface area contributed by atoms with Gasteiger partial charge in [-0.1, -0.05) is 0 Å². The molecule has 0 radical (unpaired) electrons. The number of aliphatic carboxylic acids is 4. The molecule has 0 aliphatic carbocycles. The van der Waals surface area contributed by atoms with E-state index in [0.717, 1.165) is 0 Å². The first-order valence-electron chi connectivity index (χ1n) is 5.48. The van der Waals surface area contributed by atoms with Crippen molar-refractivity contribution >= 4 is 61.6 Å². The van der Waals surface area contributed by atoms with Crippen LogP contribution in [0.15, 0.2) is 0 Å². The van der Waals surface area contributed by atoms with Crippen molar-refractivity contribution in [1.82, 2.24) is 0 Å². The summed E-state index contributed by atoms with van der Waals surface area (Å²) in [4.78, 5) is 39.7. The molecule has 0 aliphatic rings. The average Bonchev–Trinajstić information content (AvgIpc) is 2.33. The molecule has 0 aliphatic heterocycles. The summed E-state index contributed by atoms with van der Waals surface area (Å²) in [6.45, 7) is 0. The second-order valence-corrected chi connectivity index (χ2v) is 3.75. The zero-order chi connectivity index (χ0) is 16.3. The smallest absolute Gasteiger partial charge is 1.00 e. The number of hydrogen-bond acceptors (Lipinski definition) is 6. The Bertz CT molecular complexity index is 339.